The molecule has 0 spiro atoms. The minimum absolute atomic E-state index is 0.0524. The molecule has 1 heterocycles. The zero-order chi connectivity index (χ0) is 20.0. The average molecular weight is 408 g/mol. The molecular formula is C20H25FN2O4S. The number of amides is 1. The average Bonchev–Trinajstić information content (AvgIpc) is 3.04. The standard InChI is InChI=1S/C20H25FN2O4S/c21-18-11-5-6-12-19(18)28(25,26)23(14-17-10-7-13-27-17)15-20(24)22-16-8-3-1-2-4-9-16/h5-7,10-13,16H,1-4,8-9,14-15H2,(H,22,24). The van der Waals surface area contributed by atoms with E-state index in [0.29, 0.717) is 5.76 Å². The second kappa shape index (κ2) is 9.34. The quantitative estimate of drug-likeness (QED) is 0.712. The molecule has 1 aliphatic rings. The number of benzene rings is 1. The molecule has 0 saturated heterocycles. The van der Waals surface area contributed by atoms with Gasteiger partial charge in [0.1, 0.15) is 16.5 Å². The second-order valence-electron chi connectivity index (χ2n) is 7.04. The Kier molecular flexibility index (Phi) is 6.85. The van der Waals surface area contributed by atoms with E-state index < -0.39 is 33.2 Å². The van der Waals surface area contributed by atoms with Crippen LogP contribution in [-0.2, 0) is 21.4 Å². The maximum Gasteiger partial charge on any atom is 0.246 e. The van der Waals surface area contributed by atoms with Crippen molar-refractivity contribution in [1.29, 1.82) is 0 Å². The summed E-state index contributed by atoms with van der Waals surface area (Å²) >= 11 is 0. The smallest absolute Gasteiger partial charge is 0.246 e. The van der Waals surface area contributed by atoms with Crippen LogP contribution < -0.4 is 5.32 Å². The summed E-state index contributed by atoms with van der Waals surface area (Å²) in [4.78, 5) is 12.1. The van der Waals surface area contributed by atoms with Crippen LogP contribution in [0, 0.1) is 5.82 Å². The summed E-state index contributed by atoms with van der Waals surface area (Å²) in [7, 11) is -4.21. The van der Waals surface area contributed by atoms with Gasteiger partial charge in [0.15, 0.2) is 0 Å². The number of hydrogen-bond donors (Lipinski definition) is 1. The monoisotopic (exact) mass is 408 g/mol. The van der Waals surface area contributed by atoms with Crippen molar-refractivity contribution in [3.63, 3.8) is 0 Å². The summed E-state index contributed by atoms with van der Waals surface area (Å²) in [5.74, 6) is -0.864. The fourth-order valence-corrected chi connectivity index (χ4v) is 4.88. The fourth-order valence-electron chi connectivity index (χ4n) is 3.45. The second-order valence-corrected chi connectivity index (χ2v) is 8.95. The highest BCUT2D eigenvalue weighted by Gasteiger charge is 2.30. The molecule has 1 aromatic carbocycles. The highest BCUT2D eigenvalue weighted by molar-refractivity contribution is 7.89. The van der Waals surface area contributed by atoms with Crippen molar-refractivity contribution in [1.82, 2.24) is 9.62 Å². The molecule has 28 heavy (non-hydrogen) atoms. The van der Waals surface area contributed by atoms with Crippen LogP contribution in [0.3, 0.4) is 0 Å². The Morgan fingerprint density at radius 2 is 1.82 bits per heavy atom. The van der Waals surface area contributed by atoms with E-state index in [1.807, 2.05) is 0 Å². The minimum Gasteiger partial charge on any atom is -0.468 e. The summed E-state index contributed by atoms with van der Waals surface area (Å²) in [5.41, 5.74) is 0. The van der Waals surface area contributed by atoms with Gasteiger partial charge in [0.2, 0.25) is 15.9 Å². The van der Waals surface area contributed by atoms with Crippen LogP contribution in [0.5, 0.6) is 0 Å². The summed E-state index contributed by atoms with van der Waals surface area (Å²) in [6, 6.07) is 8.46. The molecule has 1 aliphatic carbocycles. The number of nitrogens with zero attached hydrogens (tertiary/aromatic N) is 1. The Morgan fingerprint density at radius 1 is 1.11 bits per heavy atom. The van der Waals surface area contributed by atoms with Crippen LogP contribution >= 0.6 is 0 Å². The highest BCUT2D eigenvalue weighted by atomic mass is 32.2. The topological polar surface area (TPSA) is 79.6 Å². The molecule has 8 heteroatoms. The summed E-state index contributed by atoms with van der Waals surface area (Å²) in [6.45, 7) is -0.546. The van der Waals surface area contributed by atoms with Gasteiger partial charge in [-0.2, -0.15) is 4.31 Å². The lowest BCUT2D eigenvalue weighted by Crippen LogP contribution is -2.44. The van der Waals surface area contributed by atoms with E-state index in [-0.39, 0.29) is 12.6 Å². The number of hydrogen-bond acceptors (Lipinski definition) is 4. The lowest BCUT2D eigenvalue weighted by molar-refractivity contribution is -0.122. The van der Waals surface area contributed by atoms with Crippen LogP contribution in [0.15, 0.2) is 52.0 Å². The molecule has 1 saturated carbocycles. The fraction of sp³-hybridized carbons (Fsp3) is 0.450. The van der Waals surface area contributed by atoms with E-state index in [1.165, 1.54) is 24.5 Å². The number of sulfonamides is 1. The molecule has 0 bridgehead atoms. The molecule has 2 aromatic rings. The van der Waals surface area contributed by atoms with Gasteiger partial charge in [-0.15, -0.1) is 0 Å². The van der Waals surface area contributed by atoms with Crippen LogP contribution in [-0.4, -0.2) is 31.2 Å². The number of nitrogens with one attached hydrogen (secondary N) is 1. The van der Waals surface area contributed by atoms with Crippen molar-refractivity contribution in [2.45, 2.75) is 56.0 Å². The maximum atomic E-state index is 14.1. The number of carbonyl (C=O) groups excluding carboxylic acids is 1. The molecule has 3 rings (SSSR count). The van der Waals surface area contributed by atoms with Crippen molar-refractivity contribution in [2.75, 3.05) is 6.54 Å². The van der Waals surface area contributed by atoms with E-state index in [2.05, 4.69) is 5.32 Å². The zero-order valence-electron chi connectivity index (χ0n) is 15.6. The van der Waals surface area contributed by atoms with E-state index in [9.17, 15) is 17.6 Å². The van der Waals surface area contributed by atoms with Crippen LogP contribution in [0.1, 0.15) is 44.3 Å². The lowest BCUT2D eigenvalue weighted by atomic mass is 10.1. The maximum absolute atomic E-state index is 14.1. The van der Waals surface area contributed by atoms with E-state index in [1.54, 1.807) is 12.1 Å². The SMILES string of the molecule is O=C(CN(Cc1ccco1)S(=O)(=O)c1ccccc1F)NC1CCCCCC1. The summed E-state index contributed by atoms with van der Waals surface area (Å²) < 4.78 is 46.4. The number of furan rings is 1. The van der Waals surface area contributed by atoms with Gasteiger partial charge in [-0.1, -0.05) is 37.8 Å². The molecule has 0 atom stereocenters. The van der Waals surface area contributed by atoms with E-state index in [4.69, 9.17) is 4.42 Å². The molecule has 1 amide bonds. The Morgan fingerprint density at radius 3 is 2.46 bits per heavy atom. The first kappa shape index (κ1) is 20.5. The van der Waals surface area contributed by atoms with Gasteiger partial charge in [0.05, 0.1) is 19.4 Å². The van der Waals surface area contributed by atoms with Crippen molar-refractivity contribution < 1.29 is 22.0 Å². The van der Waals surface area contributed by atoms with Crippen molar-refractivity contribution in [3.05, 3.63) is 54.2 Å². The van der Waals surface area contributed by atoms with Crippen LogP contribution in [0.2, 0.25) is 0 Å². The highest BCUT2D eigenvalue weighted by Crippen LogP contribution is 2.22. The van der Waals surface area contributed by atoms with E-state index in [0.717, 1.165) is 48.9 Å². The first-order valence-electron chi connectivity index (χ1n) is 9.53. The number of halogens is 1. The minimum atomic E-state index is -4.21. The molecule has 0 radical (unpaired) electrons. The first-order valence-corrected chi connectivity index (χ1v) is 11.0. The van der Waals surface area contributed by atoms with Gasteiger partial charge in [-0.05, 0) is 37.1 Å². The molecular weight excluding hydrogens is 383 g/mol. The van der Waals surface area contributed by atoms with E-state index >= 15 is 0 Å². The third-order valence-corrected chi connectivity index (χ3v) is 6.73. The van der Waals surface area contributed by atoms with Gasteiger partial charge >= 0.3 is 0 Å². The Hall–Kier alpha value is -2.19. The molecule has 1 N–H and O–H groups in total. The Bertz CT molecular complexity index is 875. The van der Waals surface area contributed by atoms with Gasteiger partial charge in [-0.25, -0.2) is 12.8 Å². The van der Waals surface area contributed by atoms with Crippen molar-refractivity contribution in [3.8, 4) is 0 Å². The van der Waals surface area contributed by atoms with Gasteiger partial charge in [-0.3, -0.25) is 4.79 Å². The van der Waals surface area contributed by atoms with Crippen molar-refractivity contribution >= 4 is 15.9 Å². The number of rotatable bonds is 7. The largest absolute Gasteiger partial charge is 0.468 e. The molecule has 6 nitrogen and oxygen atoms in total. The van der Waals surface area contributed by atoms with Gasteiger partial charge in [0, 0.05) is 6.04 Å². The zero-order valence-corrected chi connectivity index (χ0v) is 16.5. The van der Waals surface area contributed by atoms with Crippen molar-refractivity contribution in [2.24, 2.45) is 0 Å². The van der Waals surface area contributed by atoms with Crippen LogP contribution in [0.25, 0.3) is 0 Å². The predicted molar refractivity (Wildman–Crippen MR) is 102 cm³/mol. The normalized spacial score (nSPS) is 16.1. The third-order valence-electron chi connectivity index (χ3n) is 4.91. The molecule has 0 aliphatic heterocycles. The molecule has 152 valence electrons. The van der Waals surface area contributed by atoms with Gasteiger partial charge < -0.3 is 9.73 Å². The third kappa shape index (κ3) is 5.20. The lowest BCUT2D eigenvalue weighted by Gasteiger charge is -2.23. The molecule has 1 fully saturated rings. The Labute approximate surface area is 164 Å². The molecule has 0 unspecified atom stereocenters. The molecule has 1 aromatic heterocycles. The summed E-state index contributed by atoms with van der Waals surface area (Å²) in [6.07, 6.45) is 7.61. The van der Waals surface area contributed by atoms with Crippen LogP contribution in [0.4, 0.5) is 4.39 Å². The number of carbonyl (C=O) groups is 1. The first-order chi connectivity index (χ1) is 13.5. The summed E-state index contributed by atoms with van der Waals surface area (Å²) in [5, 5.41) is 2.94. The predicted octanol–water partition coefficient (Wildman–Crippen LogP) is 3.45. The Balaban J connectivity index is 1.78. The van der Waals surface area contributed by atoms with Gasteiger partial charge in [0.25, 0.3) is 0 Å².